The van der Waals surface area contributed by atoms with Crippen LogP contribution in [0.2, 0.25) is 0 Å². The molecule has 2 nitrogen and oxygen atoms in total. The molecule has 0 aliphatic rings. The third-order valence-electron chi connectivity index (χ3n) is 3.03. The van der Waals surface area contributed by atoms with Crippen LogP contribution in [0, 0.1) is 0 Å². The number of aromatic nitrogens is 2. The highest BCUT2D eigenvalue weighted by Gasteiger charge is 2.37. The highest BCUT2D eigenvalue weighted by molar-refractivity contribution is 9.10. The fourth-order valence-corrected chi connectivity index (χ4v) is 4.32. The van der Waals surface area contributed by atoms with Gasteiger partial charge in [0.2, 0.25) is 0 Å². The molecule has 0 aliphatic carbocycles. The number of nitrogens with zero attached hydrogens (tertiary/aromatic N) is 2. The highest BCUT2D eigenvalue weighted by atomic mass is 79.9. The van der Waals surface area contributed by atoms with Crippen LogP contribution in [-0.4, -0.2) is 9.78 Å². The lowest BCUT2D eigenvalue weighted by Crippen LogP contribution is -2.07. The van der Waals surface area contributed by atoms with E-state index in [2.05, 4.69) is 21.0 Å². The summed E-state index contributed by atoms with van der Waals surface area (Å²) in [4.78, 5) is 2.54. The van der Waals surface area contributed by atoms with Crippen LogP contribution in [0.1, 0.15) is 10.6 Å². The number of halogens is 4. The minimum Gasteiger partial charge on any atom is -0.257 e. The van der Waals surface area contributed by atoms with E-state index in [1.54, 1.807) is 24.9 Å². The van der Waals surface area contributed by atoms with Gasteiger partial charge in [-0.25, -0.2) is 0 Å². The van der Waals surface area contributed by atoms with Crippen molar-refractivity contribution in [1.29, 1.82) is 0 Å². The highest BCUT2D eigenvalue weighted by Crippen LogP contribution is 2.38. The fourth-order valence-electron chi connectivity index (χ4n) is 2.06. The van der Waals surface area contributed by atoms with Crippen LogP contribution in [0.3, 0.4) is 0 Å². The summed E-state index contributed by atoms with van der Waals surface area (Å²) in [5, 5.41) is 3.77. The number of fused-ring (bicyclic) bond motifs is 1. The zero-order valence-electron chi connectivity index (χ0n) is 11.3. The fraction of sp³-hybridized carbons (Fsp3) is 0.214. The maximum absolute atomic E-state index is 12.9. The van der Waals surface area contributed by atoms with Crippen LogP contribution >= 0.6 is 39.0 Å². The first kappa shape index (κ1) is 15.9. The Kier molecular flexibility index (Phi) is 4.26. The van der Waals surface area contributed by atoms with E-state index in [-0.39, 0.29) is 5.39 Å². The van der Waals surface area contributed by atoms with E-state index in [9.17, 15) is 13.2 Å². The van der Waals surface area contributed by atoms with Crippen LogP contribution in [0.4, 0.5) is 13.2 Å². The molecule has 2 aromatic heterocycles. The average molecular weight is 407 g/mol. The van der Waals surface area contributed by atoms with Gasteiger partial charge in [-0.05, 0) is 30.3 Å². The molecule has 0 N–H and O–H groups in total. The van der Waals surface area contributed by atoms with Crippen LogP contribution in [0.25, 0.3) is 10.2 Å². The van der Waals surface area contributed by atoms with E-state index >= 15 is 0 Å². The van der Waals surface area contributed by atoms with E-state index in [0.717, 1.165) is 14.2 Å². The Balaban J connectivity index is 1.85. The van der Waals surface area contributed by atoms with Crippen molar-refractivity contribution in [3.05, 3.63) is 45.4 Å². The molecular formula is C14H10BrF3N2S2. The number of hydrogen-bond acceptors (Lipinski definition) is 3. The Morgan fingerprint density at radius 2 is 1.95 bits per heavy atom. The van der Waals surface area contributed by atoms with E-state index in [4.69, 9.17) is 0 Å². The molecule has 0 bridgehead atoms. The summed E-state index contributed by atoms with van der Waals surface area (Å²) in [5.74, 6) is 0.637. The van der Waals surface area contributed by atoms with Gasteiger partial charge in [-0.1, -0.05) is 15.9 Å². The van der Waals surface area contributed by atoms with Gasteiger partial charge in [0.25, 0.3) is 0 Å². The quantitative estimate of drug-likeness (QED) is 0.518. The van der Waals surface area contributed by atoms with Gasteiger partial charge in [-0.2, -0.15) is 18.3 Å². The van der Waals surface area contributed by atoms with Crippen molar-refractivity contribution in [2.24, 2.45) is 7.05 Å². The summed E-state index contributed by atoms with van der Waals surface area (Å²) >= 11 is 6.32. The van der Waals surface area contributed by atoms with Crippen LogP contribution in [0.5, 0.6) is 0 Å². The number of hydrogen-bond donors (Lipinski definition) is 0. The lowest BCUT2D eigenvalue weighted by molar-refractivity contribution is -0.140. The summed E-state index contributed by atoms with van der Waals surface area (Å²) in [6.07, 6.45) is -4.42. The molecule has 0 spiro atoms. The van der Waals surface area contributed by atoms with Crippen molar-refractivity contribution in [3.8, 4) is 0 Å². The van der Waals surface area contributed by atoms with Crippen molar-refractivity contribution in [3.63, 3.8) is 0 Å². The molecule has 0 fully saturated rings. The van der Waals surface area contributed by atoms with E-state index in [0.29, 0.717) is 10.6 Å². The van der Waals surface area contributed by atoms with Gasteiger partial charge in [0.05, 0.1) is 0 Å². The Morgan fingerprint density at radius 1 is 1.27 bits per heavy atom. The predicted octanol–water partition coefficient (Wildman–Crippen LogP) is 5.71. The van der Waals surface area contributed by atoms with E-state index < -0.39 is 11.9 Å². The molecule has 0 amide bonds. The predicted molar refractivity (Wildman–Crippen MR) is 87.3 cm³/mol. The zero-order valence-corrected chi connectivity index (χ0v) is 14.5. The smallest absolute Gasteiger partial charge is 0.257 e. The van der Waals surface area contributed by atoms with Gasteiger partial charge in [-0.15, -0.1) is 23.1 Å². The van der Waals surface area contributed by atoms with Crippen molar-refractivity contribution in [1.82, 2.24) is 9.78 Å². The second-order valence-electron chi connectivity index (χ2n) is 4.64. The number of benzene rings is 1. The van der Waals surface area contributed by atoms with Crippen LogP contribution < -0.4 is 0 Å². The minimum absolute atomic E-state index is 0.186. The van der Waals surface area contributed by atoms with Crippen molar-refractivity contribution < 1.29 is 13.2 Å². The molecule has 116 valence electrons. The first-order valence-corrected chi connectivity index (χ1v) is 8.85. The topological polar surface area (TPSA) is 17.8 Å². The zero-order chi connectivity index (χ0) is 15.9. The molecule has 3 aromatic rings. The molecule has 22 heavy (non-hydrogen) atoms. The molecule has 0 atom stereocenters. The monoisotopic (exact) mass is 406 g/mol. The van der Waals surface area contributed by atoms with Crippen LogP contribution in [-0.2, 0) is 19.0 Å². The molecule has 0 radical (unpaired) electrons. The second-order valence-corrected chi connectivity index (χ2v) is 7.72. The van der Waals surface area contributed by atoms with E-state index in [1.807, 2.05) is 24.3 Å². The number of thiophene rings is 1. The summed E-state index contributed by atoms with van der Waals surface area (Å²) in [6.45, 7) is 0. The van der Waals surface area contributed by atoms with Gasteiger partial charge in [0.15, 0.2) is 5.69 Å². The Labute approximate surface area is 141 Å². The average Bonchev–Trinajstić information content (AvgIpc) is 2.98. The van der Waals surface area contributed by atoms with Crippen molar-refractivity contribution in [2.45, 2.75) is 16.8 Å². The standard InChI is InChI=1S/C14H10BrF3N2S2/c1-20-13-11(12(19-20)14(16,17)18)6-10(22-13)7-21-9-4-2-8(15)3-5-9/h2-6H,7H2,1H3. The Morgan fingerprint density at radius 3 is 2.59 bits per heavy atom. The molecule has 0 saturated carbocycles. The largest absolute Gasteiger partial charge is 0.435 e. The van der Waals surface area contributed by atoms with Crippen molar-refractivity contribution in [2.75, 3.05) is 0 Å². The maximum Gasteiger partial charge on any atom is 0.435 e. The third kappa shape index (κ3) is 3.18. The van der Waals surface area contributed by atoms with Gasteiger partial charge >= 0.3 is 6.18 Å². The molecule has 3 rings (SSSR count). The van der Waals surface area contributed by atoms with Gasteiger partial charge < -0.3 is 0 Å². The molecule has 0 saturated heterocycles. The van der Waals surface area contributed by atoms with Gasteiger partial charge in [0, 0.05) is 32.4 Å². The lowest BCUT2D eigenvalue weighted by Gasteiger charge is -2.02. The Hall–Kier alpha value is -0.990. The maximum atomic E-state index is 12.9. The summed E-state index contributed by atoms with van der Waals surface area (Å²) in [5.41, 5.74) is -0.804. The van der Waals surface area contributed by atoms with E-state index in [1.165, 1.54) is 16.0 Å². The minimum atomic E-state index is -4.42. The molecule has 2 heterocycles. The van der Waals surface area contributed by atoms with Crippen LogP contribution in [0.15, 0.2) is 39.7 Å². The molecular weight excluding hydrogens is 397 g/mol. The molecule has 8 heteroatoms. The first-order chi connectivity index (χ1) is 10.3. The summed E-state index contributed by atoms with van der Waals surface area (Å²) < 4.78 is 41.1. The van der Waals surface area contributed by atoms with Crippen molar-refractivity contribution >= 4 is 49.2 Å². The lowest BCUT2D eigenvalue weighted by atomic mass is 10.3. The number of aryl methyl sites for hydroxylation is 1. The molecule has 0 unspecified atom stereocenters. The SMILES string of the molecule is Cn1nc(C(F)(F)F)c2cc(CSc3ccc(Br)cc3)sc21. The van der Waals surface area contributed by atoms with Gasteiger partial charge in [0.1, 0.15) is 4.83 Å². The Bertz CT molecular complexity index is 806. The first-order valence-electron chi connectivity index (χ1n) is 6.25. The summed E-state index contributed by atoms with van der Waals surface area (Å²) in [7, 11) is 1.54. The normalized spacial score (nSPS) is 12.2. The van der Waals surface area contributed by atoms with Gasteiger partial charge in [-0.3, -0.25) is 4.68 Å². The third-order valence-corrected chi connectivity index (χ3v) is 6.00. The molecule has 1 aromatic carbocycles. The number of alkyl halides is 3. The summed E-state index contributed by atoms with van der Waals surface area (Å²) in [6, 6.07) is 9.44. The molecule has 0 aliphatic heterocycles. The number of thioether (sulfide) groups is 1. The second kappa shape index (κ2) is 5.90. The number of rotatable bonds is 3.